The highest BCUT2D eigenvalue weighted by Gasteiger charge is 2.14. The van der Waals surface area contributed by atoms with E-state index < -0.39 is 0 Å². The molecule has 0 amide bonds. The van der Waals surface area contributed by atoms with Gasteiger partial charge in [-0.05, 0) is 53.3 Å². The lowest BCUT2D eigenvalue weighted by Crippen LogP contribution is -2.01. The van der Waals surface area contributed by atoms with Crippen LogP contribution in [0.4, 0.5) is 0 Å². The molecule has 0 aliphatic heterocycles. The molecular formula is C15H12ClIN2. The predicted molar refractivity (Wildman–Crippen MR) is 88.1 cm³/mol. The number of fused-ring (bicyclic) bond motifs is 1. The third-order valence-corrected chi connectivity index (χ3v) is 4.32. The Morgan fingerprint density at radius 2 is 1.95 bits per heavy atom. The van der Waals surface area contributed by atoms with Crippen molar-refractivity contribution in [1.82, 2.24) is 9.55 Å². The molecule has 0 radical (unpaired) electrons. The van der Waals surface area contributed by atoms with Crippen molar-refractivity contribution in [3.8, 4) is 5.69 Å². The van der Waals surface area contributed by atoms with E-state index in [0.29, 0.717) is 5.88 Å². The molecule has 0 fully saturated rings. The Morgan fingerprint density at radius 3 is 2.68 bits per heavy atom. The highest BCUT2D eigenvalue weighted by atomic mass is 127. The second-order valence-electron chi connectivity index (χ2n) is 4.39. The van der Waals surface area contributed by atoms with Crippen LogP contribution < -0.4 is 0 Å². The number of halogens is 2. The van der Waals surface area contributed by atoms with Crippen LogP contribution in [-0.2, 0) is 5.88 Å². The summed E-state index contributed by atoms with van der Waals surface area (Å²) in [7, 11) is 0. The number of hydrogen-bond acceptors (Lipinski definition) is 1. The number of hydrogen-bond donors (Lipinski definition) is 0. The molecule has 3 aromatic rings. The lowest BCUT2D eigenvalue weighted by Gasteiger charge is -2.09. The van der Waals surface area contributed by atoms with E-state index in [0.717, 1.165) is 22.5 Å². The normalized spacial score (nSPS) is 11.1. The highest BCUT2D eigenvalue weighted by molar-refractivity contribution is 14.1. The molecule has 1 aromatic heterocycles. The lowest BCUT2D eigenvalue weighted by molar-refractivity contribution is 0.976. The number of alkyl halides is 1. The van der Waals surface area contributed by atoms with Crippen molar-refractivity contribution in [3.63, 3.8) is 0 Å². The number of para-hydroxylation sites is 2. The summed E-state index contributed by atoms with van der Waals surface area (Å²) in [6, 6.07) is 14.5. The second kappa shape index (κ2) is 5.13. The van der Waals surface area contributed by atoms with Gasteiger partial charge in [0.05, 0.1) is 22.6 Å². The quantitative estimate of drug-likeness (QED) is 0.465. The second-order valence-corrected chi connectivity index (χ2v) is 5.82. The molecule has 96 valence electrons. The third-order valence-electron chi connectivity index (χ3n) is 3.17. The Bertz CT molecular complexity index is 749. The largest absolute Gasteiger partial charge is 0.294 e. The summed E-state index contributed by atoms with van der Waals surface area (Å²) in [6.07, 6.45) is 0. The maximum atomic E-state index is 6.07. The van der Waals surface area contributed by atoms with E-state index in [2.05, 4.69) is 69.4 Å². The molecule has 0 unspecified atom stereocenters. The minimum absolute atomic E-state index is 0.402. The molecule has 0 aliphatic carbocycles. The zero-order chi connectivity index (χ0) is 13.4. The van der Waals surface area contributed by atoms with Crippen molar-refractivity contribution in [3.05, 3.63) is 57.4 Å². The Labute approximate surface area is 130 Å². The van der Waals surface area contributed by atoms with Gasteiger partial charge in [0.2, 0.25) is 0 Å². The fourth-order valence-electron chi connectivity index (χ4n) is 2.28. The van der Waals surface area contributed by atoms with Crippen molar-refractivity contribution < 1.29 is 0 Å². The first-order valence-corrected chi connectivity index (χ1v) is 7.61. The molecule has 2 nitrogen and oxygen atoms in total. The van der Waals surface area contributed by atoms with Crippen molar-refractivity contribution in [2.75, 3.05) is 0 Å². The molecule has 19 heavy (non-hydrogen) atoms. The summed E-state index contributed by atoms with van der Waals surface area (Å²) in [4.78, 5) is 4.68. The minimum atomic E-state index is 0.402. The van der Waals surface area contributed by atoms with Crippen molar-refractivity contribution in [1.29, 1.82) is 0 Å². The molecular weight excluding hydrogens is 371 g/mol. The van der Waals surface area contributed by atoms with Crippen molar-refractivity contribution in [2.24, 2.45) is 0 Å². The minimum Gasteiger partial charge on any atom is -0.294 e. The standard InChI is InChI=1S/C15H12ClIN2/c1-10-5-4-8-13-15(10)18-14(9-16)19(13)12-7-3-2-6-11(12)17/h2-8H,9H2,1H3. The molecule has 0 saturated carbocycles. The molecule has 2 aromatic carbocycles. The first-order chi connectivity index (χ1) is 9.22. The van der Waals surface area contributed by atoms with E-state index in [-0.39, 0.29) is 0 Å². The van der Waals surface area contributed by atoms with Gasteiger partial charge in [-0.3, -0.25) is 4.57 Å². The lowest BCUT2D eigenvalue weighted by atomic mass is 10.2. The summed E-state index contributed by atoms with van der Waals surface area (Å²) in [5.41, 5.74) is 4.44. The summed E-state index contributed by atoms with van der Waals surface area (Å²) < 4.78 is 3.34. The summed E-state index contributed by atoms with van der Waals surface area (Å²) >= 11 is 8.42. The van der Waals surface area contributed by atoms with Gasteiger partial charge in [-0.1, -0.05) is 24.3 Å². The number of imidazole rings is 1. The zero-order valence-electron chi connectivity index (χ0n) is 10.4. The van der Waals surface area contributed by atoms with Gasteiger partial charge in [-0.25, -0.2) is 4.98 Å². The highest BCUT2D eigenvalue weighted by Crippen LogP contribution is 2.27. The van der Waals surface area contributed by atoms with Gasteiger partial charge in [-0.2, -0.15) is 0 Å². The van der Waals surface area contributed by atoms with E-state index in [1.165, 1.54) is 9.13 Å². The first-order valence-electron chi connectivity index (χ1n) is 6.00. The molecule has 0 aliphatic rings. The van der Waals surface area contributed by atoms with Gasteiger partial charge < -0.3 is 0 Å². The Kier molecular flexibility index (Phi) is 3.50. The zero-order valence-corrected chi connectivity index (χ0v) is 13.3. The van der Waals surface area contributed by atoms with E-state index in [1.807, 2.05) is 12.1 Å². The number of benzene rings is 2. The van der Waals surface area contributed by atoms with Crippen LogP contribution in [0.25, 0.3) is 16.7 Å². The van der Waals surface area contributed by atoms with Crippen LogP contribution in [0.15, 0.2) is 42.5 Å². The van der Waals surface area contributed by atoms with Crippen molar-refractivity contribution in [2.45, 2.75) is 12.8 Å². The van der Waals surface area contributed by atoms with Crippen LogP contribution >= 0.6 is 34.2 Å². The molecule has 4 heteroatoms. The smallest absolute Gasteiger partial charge is 0.129 e. The van der Waals surface area contributed by atoms with Gasteiger partial charge in [0, 0.05) is 3.57 Å². The number of aryl methyl sites for hydroxylation is 1. The van der Waals surface area contributed by atoms with Crippen LogP contribution in [0.5, 0.6) is 0 Å². The monoisotopic (exact) mass is 382 g/mol. The molecule has 0 atom stereocenters. The molecule has 0 bridgehead atoms. The molecule has 0 saturated heterocycles. The van der Waals surface area contributed by atoms with E-state index >= 15 is 0 Å². The first kappa shape index (κ1) is 12.9. The molecule has 0 N–H and O–H groups in total. The van der Waals surface area contributed by atoms with Crippen LogP contribution in [0.2, 0.25) is 0 Å². The topological polar surface area (TPSA) is 17.8 Å². The average Bonchev–Trinajstić information content (AvgIpc) is 2.79. The van der Waals surface area contributed by atoms with Crippen LogP contribution in [0.1, 0.15) is 11.4 Å². The molecule has 3 rings (SSSR count). The van der Waals surface area contributed by atoms with Crippen LogP contribution in [-0.4, -0.2) is 9.55 Å². The average molecular weight is 383 g/mol. The number of aromatic nitrogens is 2. The summed E-state index contributed by atoms with van der Waals surface area (Å²) in [5.74, 6) is 1.29. The van der Waals surface area contributed by atoms with E-state index in [9.17, 15) is 0 Å². The van der Waals surface area contributed by atoms with Gasteiger partial charge in [0.25, 0.3) is 0 Å². The van der Waals surface area contributed by atoms with Gasteiger partial charge >= 0.3 is 0 Å². The maximum Gasteiger partial charge on any atom is 0.129 e. The van der Waals surface area contributed by atoms with Crippen LogP contribution in [0, 0.1) is 10.5 Å². The number of nitrogens with zero attached hydrogens (tertiary/aromatic N) is 2. The Balaban J connectivity index is 2.40. The molecule has 1 heterocycles. The fourth-order valence-corrected chi connectivity index (χ4v) is 3.09. The Hall–Kier alpha value is -1.07. The summed E-state index contributed by atoms with van der Waals surface area (Å²) in [6.45, 7) is 2.08. The van der Waals surface area contributed by atoms with Crippen molar-refractivity contribution >= 4 is 45.2 Å². The third kappa shape index (κ3) is 2.15. The predicted octanol–water partition coefficient (Wildman–Crippen LogP) is 4.68. The Morgan fingerprint density at radius 1 is 1.16 bits per heavy atom. The van der Waals surface area contributed by atoms with E-state index in [4.69, 9.17) is 11.6 Å². The summed E-state index contributed by atoms with van der Waals surface area (Å²) in [5, 5.41) is 0. The maximum absolute atomic E-state index is 6.07. The number of rotatable bonds is 2. The SMILES string of the molecule is Cc1cccc2c1nc(CCl)n2-c1ccccc1I. The van der Waals surface area contributed by atoms with Gasteiger partial charge in [-0.15, -0.1) is 11.6 Å². The van der Waals surface area contributed by atoms with Crippen LogP contribution in [0.3, 0.4) is 0 Å². The van der Waals surface area contributed by atoms with Gasteiger partial charge in [0.15, 0.2) is 0 Å². The molecule has 0 spiro atoms. The van der Waals surface area contributed by atoms with E-state index in [1.54, 1.807) is 0 Å². The fraction of sp³-hybridized carbons (Fsp3) is 0.133. The van der Waals surface area contributed by atoms with Gasteiger partial charge in [0.1, 0.15) is 5.82 Å².